The van der Waals surface area contributed by atoms with E-state index in [0.717, 1.165) is 11.6 Å². The zero-order valence-electron chi connectivity index (χ0n) is 12.9. The molecular formula is C15H27F3O. The van der Waals surface area contributed by atoms with Crippen LogP contribution < -0.4 is 0 Å². The minimum atomic E-state index is -4.33. The van der Waals surface area contributed by atoms with Crippen molar-refractivity contribution in [2.24, 2.45) is 0 Å². The third-order valence-electron chi connectivity index (χ3n) is 1.91. The molecule has 114 valence electrons. The summed E-state index contributed by atoms with van der Waals surface area (Å²) in [7, 11) is 0. The molecule has 0 unspecified atom stereocenters. The molecule has 0 bridgehead atoms. The zero-order chi connectivity index (χ0) is 16.1. The van der Waals surface area contributed by atoms with E-state index in [1.807, 2.05) is 34.6 Å². The van der Waals surface area contributed by atoms with Gasteiger partial charge in [0.05, 0.1) is 6.42 Å². The van der Waals surface area contributed by atoms with Gasteiger partial charge in [-0.15, -0.1) is 0 Å². The number of aliphatic hydroxyl groups is 1. The number of allylic oxidation sites excluding steroid dienone is 4. The Morgan fingerprint density at radius 1 is 1.16 bits per heavy atom. The quantitative estimate of drug-likeness (QED) is 0.470. The Balaban J connectivity index is -0.000000579. The van der Waals surface area contributed by atoms with Crippen molar-refractivity contribution in [3.05, 3.63) is 35.6 Å². The highest BCUT2D eigenvalue weighted by Gasteiger charge is 2.29. The van der Waals surface area contributed by atoms with Gasteiger partial charge >= 0.3 is 6.18 Å². The van der Waals surface area contributed by atoms with Gasteiger partial charge in [0.25, 0.3) is 0 Å². The van der Waals surface area contributed by atoms with Crippen molar-refractivity contribution in [2.45, 2.75) is 60.6 Å². The molecule has 0 aromatic carbocycles. The maximum Gasteiger partial charge on any atom is 0.393 e. The standard InChI is InChI=1S/C11H15F3O.2C2H6/c1-4-8(3)6-10(15)9(5-2)7-11(12,13)14;2*1-2/h5-6,15H,2,4,7H2,1,3H3;2*1-2H3/b8-6+,10-9-;;. The number of hydrogen-bond acceptors (Lipinski definition) is 1. The molecule has 0 amide bonds. The lowest BCUT2D eigenvalue weighted by Crippen LogP contribution is -2.08. The molecule has 0 aliphatic carbocycles. The van der Waals surface area contributed by atoms with Crippen LogP contribution in [0.1, 0.15) is 54.4 Å². The molecule has 0 atom stereocenters. The fourth-order valence-corrected chi connectivity index (χ4v) is 0.911. The van der Waals surface area contributed by atoms with Crippen molar-refractivity contribution in [3.8, 4) is 0 Å². The largest absolute Gasteiger partial charge is 0.508 e. The Hall–Kier alpha value is -1.19. The van der Waals surface area contributed by atoms with Crippen molar-refractivity contribution >= 4 is 0 Å². The van der Waals surface area contributed by atoms with Crippen LogP contribution in [0.25, 0.3) is 0 Å². The first-order chi connectivity index (χ1) is 8.80. The van der Waals surface area contributed by atoms with Gasteiger partial charge in [0.1, 0.15) is 5.76 Å². The van der Waals surface area contributed by atoms with Gasteiger partial charge in [0, 0.05) is 5.57 Å². The van der Waals surface area contributed by atoms with Gasteiger partial charge in [-0.05, 0) is 19.4 Å². The maximum absolute atomic E-state index is 12.1. The average Bonchev–Trinajstić information content (AvgIpc) is 2.39. The SMILES string of the molecule is C=C/C(CC(F)(F)F)=C(O)\C=C(/C)CC.CC.CC. The minimum absolute atomic E-state index is 0.199. The van der Waals surface area contributed by atoms with Crippen LogP contribution in [-0.4, -0.2) is 11.3 Å². The molecule has 4 heteroatoms. The number of alkyl halides is 3. The van der Waals surface area contributed by atoms with E-state index in [1.54, 1.807) is 6.92 Å². The Kier molecular flexibility index (Phi) is 16.0. The summed E-state index contributed by atoms with van der Waals surface area (Å²) in [6, 6.07) is 0. The third kappa shape index (κ3) is 14.8. The predicted octanol–water partition coefficient (Wildman–Crippen LogP) is 6.35. The molecular weight excluding hydrogens is 253 g/mol. The summed E-state index contributed by atoms with van der Waals surface area (Å²) in [6.45, 7) is 14.9. The van der Waals surface area contributed by atoms with Crippen LogP contribution in [0, 0.1) is 0 Å². The predicted molar refractivity (Wildman–Crippen MR) is 77.3 cm³/mol. The zero-order valence-corrected chi connectivity index (χ0v) is 12.9. The Bertz CT molecular complexity index is 286. The van der Waals surface area contributed by atoms with E-state index in [9.17, 15) is 18.3 Å². The molecule has 0 saturated heterocycles. The summed E-state index contributed by atoms with van der Waals surface area (Å²) in [5, 5.41) is 9.41. The second-order valence-electron chi connectivity index (χ2n) is 3.25. The third-order valence-corrected chi connectivity index (χ3v) is 1.91. The highest BCUT2D eigenvalue weighted by molar-refractivity contribution is 5.29. The van der Waals surface area contributed by atoms with Gasteiger partial charge in [-0.3, -0.25) is 0 Å². The molecule has 1 N–H and O–H groups in total. The van der Waals surface area contributed by atoms with Crippen LogP contribution in [0.4, 0.5) is 13.2 Å². The van der Waals surface area contributed by atoms with Gasteiger partial charge in [-0.2, -0.15) is 13.2 Å². The highest BCUT2D eigenvalue weighted by atomic mass is 19.4. The Morgan fingerprint density at radius 3 is 1.84 bits per heavy atom. The summed E-state index contributed by atoms with van der Waals surface area (Å²) >= 11 is 0. The van der Waals surface area contributed by atoms with Crippen molar-refractivity contribution in [2.75, 3.05) is 0 Å². The fraction of sp³-hybridized carbons (Fsp3) is 0.600. The van der Waals surface area contributed by atoms with E-state index >= 15 is 0 Å². The number of aliphatic hydroxyl groups excluding tert-OH is 1. The summed E-state index contributed by atoms with van der Waals surface area (Å²) in [5.41, 5.74) is 0.615. The van der Waals surface area contributed by atoms with E-state index < -0.39 is 12.6 Å². The first-order valence-electron chi connectivity index (χ1n) is 6.58. The molecule has 1 nitrogen and oxygen atoms in total. The normalized spacial score (nSPS) is 12.4. The van der Waals surface area contributed by atoms with Gasteiger partial charge in [-0.25, -0.2) is 0 Å². The van der Waals surface area contributed by atoms with E-state index in [1.165, 1.54) is 6.08 Å². The van der Waals surface area contributed by atoms with Crippen LogP contribution in [0.3, 0.4) is 0 Å². The van der Waals surface area contributed by atoms with E-state index in [2.05, 4.69) is 6.58 Å². The first-order valence-corrected chi connectivity index (χ1v) is 6.58. The van der Waals surface area contributed by atoms with Gasteiger partial charge < -0.3 is 5.11 Å². The second-order valence-corrected chi connectivity index (χ2v) is 3.25. The van der Waals surface area contributed by atoms with E-state index in [0.29, 0.717) is 6.42 Å². The van der Waals surface area contributed by atoms with E-state index in [4.69, 9.17) is 0 Å². The summed E-state index contributed by atoms with van der Waals surface area (Å²) < 4.78 is 36.2. The van der Waals surface area contributed by atoms with Gasteiger partial charge in [0.15, 0.2) is 0 Å². The number of hydrogen-bond donors (Lipinski definition) is 1. The Morgan fingerprint density at radius 2 is 1.58 bits per heavy atom. The summed E-state index contributed by atoms with van der Waals surface area (Å²) in [6.07, 6.45) is -2.44. The lowest BCUT2D eigenvalue weighted by molar-refractivity contribution is -0.126. The maximum atomic E-state index is 12.1. The van der Waals surface area contributed by atoms with Crippen molar-refractivity contribution in [1.82, 2.24) is 0 Å². The molecule has 0 saturated carbocycles. The van der Waals surface area contributed by atoms with Crippen molar-refractivity contribution in [1.29, 1.82) is 0 Å². The topological polar surface area (TPSA) is 20.2 Å². The number of halogens is 3. The molecule has 0 heterocycles. The lowest BCUT2D eigenvalue weighted by atomic mass is 10.1. The lowest BCUT2D eigenvalue weighted by Gasteiger charge is -2.08. The van der Waals surface area contributed by atoms with Crippen LogP contribution in [-0.2, 0) is 0 Å². The molecule has 0 aliphatic heterocycles. The molecule has 0 aromatic rings. The second kappa shape index (κ2) is 13.2. The minimum Gasteiger partial charge on any atom is -0.508 e. The van der Waals surface area contributed by atoms with Crippen LogP contribution in [0.5, 0.6) is 0 Å². The van der Waals surface area contributed by atoms with E-state index in [-0.39, 0.29) is 11.3 Å². The first kappa shape index (κ1) is 22.9. The molecule has 0 rings (SSSR count). The smallest absolute Gasteiger partial charge is 0.393 e. The highest BCUT2D eigenvalue weighted by Crippen LogP contribution is 2.26. The monoisotopic (exact) mass is 280 g/mol. The molecule has 0 radical (unpaired) electrons. The molecule has 0 spiro atoms. The van der Waals surface area contributed by atoms with Crippen molar-refractivity contribution in [3.63, 3.8) is 0 Å². The molecule has 0 fully saturated rings. The van der Waals surface area contributed by atoms with Crippen molar-refractivity contribution < 1.29 is 18.3 Å². The average molecular weight is 280 g/mol. The van der Waals surface area contributed by atoms with Crippen LogP contribution in [0.15, 0.2) is 35.6 Å². The van der Waals surface area contributed by atoms with Gasteiger partial charge in [0.2, 0.25) is 0 Å². The summed E-state index contributed by atoms with van der Waals surface area (Å²) in [5.74, 6) is -0.360. The fourth-order valence-electron chi connectivity index (χ4n) is 0.911. The van der Waals surface area contributed by atoms with Gasteiger partial charge in [-0.1, -0.05) is 52.8 Å². The molecule has 19 heavy (non-hydrogen) atoms. The number of rotatable bonds is 4. The summed E-state index contributed by atoms with van der Waals surface area (Å²) in [4.78, 5) is 0. The van der Waals surface area contributed by atoms with Crippen LogP contribution >= 0.6 is 0 Å². The molecule has 0 aromatic heterocycles. The van der Waals surface area contributed by atoms with Crippen LogP contribution in [0.2, 0.25) is 0 Å². The molecule has 0 aliphatic rings. The Labute approximate surface area is 115 Å².